The number of carbonyl (C=O) groups excluding carboxylic acids is 1. The fraction of sp³-hybridized carbons (Fsp3) is 0.724. The Bertz CT molecular complexity index is 777. The molecule has 0 radical (unpaired) electrons. The zero-order chi connectivity index (χ0) is 27.2. The molecule has 5 nitrogen and oxygen atoms in total. The van der Waals surface area contributed by atoms with Crippen LogP contribution in [0.4, 0.5) is 0 Å². The van der Waals surface area contributed by atoms with E-state index in [1.807, 2.05) is 26.6 Å². The number of nitrogens with zero attached hydrogens (tertiary/aromatic N) is 1. The fourth-order valence-electron chi connectivity index (χ4n) is 4.40. The summed E-state index contributed by atoms with van der Waals surface area (Å²) in [6.45, 7) is 19.9. The van der Waals surface area contributed by atoms with Crippen molar-refractivity contribution in [1.29, 1.82) is 0 Å². The van der Waals surface area contributed by atoms with Gasteiger partial charge in [-0.2, -0.15) is 0 Å². The molecule has 0 aromatic carbocycles. The monoisotopic (exact) mass is 535 g/mol. The van der Waals surface area contributed by atoms with Crippen LogP contribution in [0.1, 0.15) is 72.1 Å². The molecule has 0 saturated carbocycles. The van der Waals surface area contributed by atoms with E-state index < -0.39 is 16.6 Å². The van der Waals surface area contributed by atoms with Gasteiger partial charge in [-0.25, -0.2) is 0 Å². The van der Waals surface area contributed by atoms with Gasteiger partial charge in [-0.3, -0.25) is 4.79 Å². The summed E-state index contributed by atoms with van der Waals surface area (Å²) in [4.78, 5) is 17.3. The number of carbonyl (C=O) groups is 1. The lowest BCUT2D eigenvalue weighted by Gasteiger charge is -2.34. The molecule has 0 N–H and O–H groups in total. The van der Waals surface area contributed by atoms with Gasteiger partial charge >= 0.3 is 0 Å². The lowest BCUT2D eigenvalue weighted by Crippen LogP contribution is -2.39. The Balaban J connectivity index is 2.82. The molecule has 0 aliphatic heterocycles. The lowest BCUT2D eigenvalue weighted by atomic mass is 9.88. The molecular formula is C29H53NO4Si2. The van der Waals surface area contributed by atoms with Crippen molar-refractivity contribution in [3.63, 3.8) is 0 Å². The van der Waals surface area contributed by atoms with Crippen LogP contribution in [-0.4, -0.2) is 40.5 Å². The minimum atomic E-state index is -1.80. The van der Waals surface area contributed by atoms with Crippen LogP contribution in [-0.2, 0) is 18.5 Å². The molecular weight excluding hydrogens is 482 g/mol. The number of rotatable bonds is 17. The number of unbranched alkanes of at least 4 members (excludes halogenated alkanes) is 3. The lowest BCUT2D eigenvalue weighted by molar-refractivity contribution is -0.135. The Labute approximate surface area is 223 Å². The average molecular weight is 536 g/mol. The largest absolute Gasteiger partial charge is 0.520 e. The van der Waals surface area contributed by atoms with Crippen LogP contribution in [0.5, 0.6) is 0 Å². The van der Waals surface area contributed by atoms with Crippen LogP contribution in [0.2, 0.25) is 39.3 Å². The standard InChI is InChI=1S/C29H53NO4Si2/c1-10-12-17-23-29(3,34-36(7,8)9)24-22-25-20-21-27(30-32-11-2)26(25)18-15-13-14-16-19-28(31)33-35(4,5)6/h13,15,20-22,24-26H,10-12,14,16-19,23H2,1-9H3/b15-13-,24-22+,30-27?/t25-,26-,29+/m1/s1. The molecule has 0 heterocycles. The number of allylic oxidation sites excluding steroid dienone is 5. The summed E-state index contributed by atoms with van der Waals surface area (Å²) in [7, 11) is -3.49. The van der Waals surface area contributed by atoms with Gasteiger partial charge in [0.05, 0.1) is 11.3 Å². The van der Waals surface area contributed by atoms with E-state index in [4.69, 9.17) is 13.7 Å². The van der Waals surface area contributed by atoms with Crippen LogP contribution in [0.15, 0.2) is 41.6 Å². The molecule has 0 fully saturated rings. The van der Waals surface area contributed by atoms with Crippen LogP contribution < -0.4 is 0 Å². The Morgan fingerprint density at radius 3 is 2.39 bits per heavy atom. The molecule has 0 saturated heterocycles. The highest BCUT2D eigenvalue weighted by Gasteiger charge is 2.31. The number of hydrogen-bond donors (Lipinski definition) is 0. The average Bonchev–Trinajstić information content (AvgIpc) is 3.12. The first-order valence-corrected chi connectivity index (χ1v) is 20.7. The molecule has 7 heteroatoms. The summed E-state index contributed by atoms with van der Waals surface area (Å²) in [5, 5.41) is 4.39. The molecule has 0 unspecified atom stereocenters. The maximum absolute atomic E-state index is 11.9. The van der Waals surface area contributed by atoms with Gasteiger partial charge in [0.1, 0.15) is 6.61 Å². The second-order valence-corrected chi connectivity index (χ2v) is 20.9. The van der Waals surface area contributed by atoms with Gasteiger partial charge in [-0.1, -0.05) is 61.7 Å². The van der Waals surface area contributed by atoms with Crippen LogP contribution >= 0.6 is 0 Å². The molecule has 206 valence electrons. The van der Waals surface area contributed by atoms with E-state index in [0.29, 0.717) is 13.0 Å². The normalized spacial score (nSPS) is 21.5. The third kappa shape index (κ3) is 14.3. The summed E-state index contributed by atoms with van der Waals surface area (Å²) in [5.41, 5.74) is 0.756. The molecule has 0 aromatic heterocycles. The number of hydrogen-bond acceptors (Lipinski definition) is 5. The first kappa shape index (κ1) is 32.6. The maximum atomic E-state index is 11.9. The SMILES string of the molecule is CCCCC[C@@](C)(/C=C/[C@H]1C=CC(=NOCC)[C@@H]1C/C=C\CCCC(=O)O[Si](C)(C)C)O[Si](C)(C)C. The molecule has 0 amide bonds. The van der Waals surface area contributed by atoms with Crippen LogP contribution in [0, 0.1) is 11.8 Å². The van der Waals surface area contributed by atoms with E-state index in [1.165, 1.54) is 19.3 Å². The van der Waals surface area contributed by atoms with Gasteiger partial charge in [0.2, 0.25) is 8.32 Å². The Morgan fingerprint density at radius 2 is 1.78 bits per heavy atom. The van der Waals surface area contributed by atoms with Crippen LogP contribution in [0.25, 0.3) is 0 Å². The highest BCUT2D eigenvalue weighted by Crippen LogP contribution is 2.32. The highest BCUT2D eigenvalue weighted by atomic mass is 28.4. The molecule has 0 aromatic rings. The quantitative estimate of drug-likeness (QED) is 0.0811. The first-order valence-electron chi connectivity index (χ1n) is 13.9. The second kappa shape index (κ2) is 15.7. The molecule has 3 atom stereocenters. The van der Waals surface area contributed by atoms with Crippen molar-refractivity contribution >= 4 is 28.3 Å². The van der Waals surface area contributed by atoms with Gasteiger partial charge in [0, 0.05) is 18.3 Å². The van der Waals surface area contributed by atoms with E-state index in [9.17, 15) is 4.79 Å². The molecule has 0 spiro atoms. The van der Waals surface area contributed by atoms with E-state index in [0.717, 1.165) is 31.4 Å². The van der Waals surface area contributed by atoms with Crippen molar-refractivity contribution in [1.82, 2.24) is 0 Å². The van der Waals surface area contributed by atoms with Gasteiger partial charge in [-0.05, 0) is 84.9 Å². The van der Waals surface area contributed by atoms with Gasteiger partial charge < -0.3 is 13.7 Å². The van der Waals surface area contributed by atoms with Crippen molar-refractivity contribution in [2.75, 3.05) is 6.61 Å². The van der Waals surface area contributed by atoms with Gasteiger partial charge in [0.15, 0.2) is 8.32 Å². The molecule has 36 heavy (non-hydrogen) atoms. The predicted molar refractivity (Wildman–Crippen MR) is 158 cm³/mol. The Morgan fingerprint density at radius 1 is 1.06 bits per heavy atom. The Kier molecular flexibility index (Phi) is 14.2. The first-order chi connectivity index (χ1) is 16.8. The van der Waals surface area contributed by atoms with E-state index in [-0.39, 0.29) is 23.4 Å². The summed E-state index contributed by atoms with van der Waals surface area (Å²) < 4.78 is 12.2. The zero-order valence-corrected chi connectivity index (χ0v) is 26.6. The minimum absolute atomic E-state index is 0.0681. The van der Waals surface area contributed by atoms with Crippen molar-refractivity contribution in [2.24, 2.45) is 17.0 Å². The number of oxime groups is 1. The summed E-state index contributed by atoms with van der Waals surface area (Å²) in [6.07, 6.45) is 21.1. The second-order valence-electron chi connectivity index (χ2n) is 12.0. The zero-order valence-electron chi connectivity index (χ0n) is 24.6. The summed E-state index contributed by atoms with van der Waals surface area (Å²) >= 11 is 0. The topological polar surface area (TPSA) is 57.1 Å². The third-order valence-corrected chi connectivity index (χ3v) is 7.77. The predicted octanol–water partition coefficient (Wildman–Crippen LogP) is 8.42. The van der Waals surface area contributed by atoms with E-state index in [2.05, 4.69) is 75.1 Å². The van der Waals surface area contributed by atoms with Gasteiger partial charge in [-0.15, -0.1) is 0 Å². The van der Waals surface area contributed by atoms with Crippen molar-refractivity contribution in [3.8, 4) is 0 Å². The summed E-state index contributed by atoms with van der Waals surface area (Å²) in [5.74, 6) is 0.436. The molecule has 0 bridgehead atoms. The van der Waals surface area contributed by atoms with E-state index >= 15 is 0 Å². The highest BCUT2D eigenvalue weighted by molar-refractivity contribution is 6.71. The molecule has 1 aliphatic carbocycles. The fourth-order valence-corrected chi connectivity index (χ4v) is 6.76. The van der Waals surface area contributed by atoms with Gasteiger partial charge in [0.25, 0.3) is 5.97 Å². The third-order valence-electron chi connectivity index (χ3n) is 5.85. The van der Waals surface area contributed by atoms with E-state index in [1.54, 1.807) is 0 Å². The minimum Gasteiger partial charge on any atom is -0.520 e. The maximum Gasteiger partial charge on any atom is 0.292 e. The van der Waals surface area contributed by atoms with Crippen LogP contribution in [0.3, 0.4) is 0 Å². The Hall–Kier alpha value is -1.45. The molecule has 1 rings (SSSR count). The van der Waals surface area contributed by atoms with Crippen molar-refractivity contribution in [3.05, 3.63) is 36.5 Å². The smallest absolute Gasteiger partial charge is 0.292 e. The summed E-state index contributed by atoms with van der Waals surface area (Å²) in [6, 6.07) is 0. The van der Waals surface area contributed by atoms with Crippen molar-refractivity contribution in [2.45, 2.75) is 117 Å². The van der Waals surface area contributed by atoms with Crippen molar-refractivity contribution < 1.29 is 18.5 Å². The molecule has 1 aliphatic rings.